The summed E-state index contributed by atoms with van der Waals surface area (Å²) in [6, 6.07) is 0. The van der Waals surface area contributed by atoms with Gasteiger partial charge in [0.1, 0.15) is 0 Å². The van der Waals surface area contributed by atoms with Crippen molar-refractivity contribution in [1.82, 2.24) is 5.32 Å². The average molecular weight is 684 g/mol. The molecule has 8 heteroatoms. The number of carbonyl (C=O) groups is 4. The van der Waals surface area contributed by atoms with Gasteiger partial charge in [0.05, 0.1) is 14.2 Å². The third-order valence-corrected chi connectivity index (χ3v) is 7.65. The minimum Gasteiger partial charge on any atom is -0.481 e. The molecule has 0 unspecified atom stereocenters. The second kappa shape index (κ2) is 44.4. The van der Waals surface area contributed by atoms with Crippen LogP contribution in [0.1, 0.15) is 189 Å². The summed E-state index contributed by atoms with van der Waals surface area (Å²) < 4.78 is 9.22. The number of methoxy groups -OCH3 is 2. The summed E-state index contributed by atoms with van der Waals surface area (Å²) in [7, 11) is 2.88. The van der Waals surface area contributed by atoms with Crippen LogP contribution in [0.2, 0.25) is 0 Å². The van der Waals surface area contributed by atoms with Crippen molar-refractivity contribution in [3.8, 4) is 0 Å². The minimum atomic E-state index is -0.713. The van der Waals surface area contributed by atoms with Gasteiger partial charge >= 0.3 is 17.9 Å². The van der Waals surface area contributed by atoms with Gasteiger partial charge in [0, 0.05) is 32.2 Å². The molecule has 48 heavy (non-hydrogen) atoms. The standard InChI is InChI=1S/C21H39NO3.C17H30O4.2CH4/c1-3-19-22-20(23)17-15-13-11-9-7-5-4-6-8-10-12-14-16-18-21(24)25-2;1-21-17(20)15-13-11-9-7-5-3-2-4-6-8-10-12-14-16(18)19;;/h7,9H,3-6,8,10-19H2,1-2H3,(H,22,23);6,8H,2-5,7,9-15H2,1H3,(H,18,19);2*1H4/b9-7-;8-6-;;. The van der Waals surface area contributed by atoms with Gasteiger partial charge < -0.3 is 19.9 Å². The smallest absolute Gasteiger partial charge is 0.305 e. The van der Waals surface area contributed by atoms with Gasteiger partial charge in [-0.3, -0.25) is 19.2 Å². The van der Waals surface area contributed by atoms with Gasteiger partial charge in [-0.25, -0.2) is 0 Å². The molecule has 0 aliphatic rings. The summed E-state index contributed by atoms with van der Waals surface area (Å²) in [5, 5.41) is 11.4. The first-order valence-corrected chi connectivity index (χ1v) is 18.3. The molecule has 0 saturated heterocycles. The Morgan fingerprint density at radius 3 is 1.21 bits per heavy atom. The molecule has 0 aromatic heterocycles. The first-order chi connectivity index (χ1) is 22.4. The number of nitrogens with one attached hydrogen (secondary N) is 1. The maximum absolute atomic E-state index is 11.4. The monoisotopic (exact) mass is 684 g/mol. The van der Waals surface area contributed by atoms with Crippen LogP contribution in [0.25, 0.3) is 0 Å². The van der Waals surface area contributed by atoms with Crippen LogP contribution >= 0.6 is 0 Å². The number of hydrogen-bond donors (Lipinski definition) is 2. The molecule has 8 nitrogen and oxygen atoms in total. The van der Waals surface area contributed by atoms with Gasteiger partial charge in [-0.2, -0.15) is 0 Å². The van der Waals surface area contributed by atoms with Crippen LogP contribution in [0, 0.1) is 0 Å². The summed E-state index contributed by atoms with van der Waals surface area (Å²) in [4.78, 5) is 43.6. The molecule has 2 N–H and O–H groups in total. The predicted octanol–water partition coefficient (Wildman–Crippen LogP) is 11.1. The lowest BCUT2D eigenvalue weighted by Gasteiger charge is -2.02. The maximum atomic E-state index is 11.4. The highest BCUT2D eigenvalue weighted by Crippen LogP contribution is 2.12. The number of amides is 1. The third-order valence-electron chi connectivity index (χ3n) is 7.65. The maximum Gasteiger partial charge on any atom is 0.305 e. The highest BCUT2D eigenvalue weighted by atomic mass is 16.5. The van der Waals surface area contributed by atoms with Gasteiger partial charge in [0.15, 0.2) is 0 Å². The van der Waals surface area contributed by atoms with E-state index in [-0.39, 0.29) is 39.1 Å². The Balaban J connectivity index is -0.000000393. The van der Waals surface area contributed by atoms with Gasteiger partial charge in [0.2, 0.25) is 5.91 Å². The molecule has 0 atom stereocenters. The molecule has 0 aromatic carbocycles. The third kappa shape index (κ3) is 47.8. The van der Waals surface area contributed by atoms with Crippen LogP contribution < -0.4 is 5.32 Å². The Labute approximate surface area is 296 Å². The summed E-state index contributed by atoms with van der Waals surface area (Å²) in [6.07, 6.45) is 35.5. The summed E-state index contributed by atoms with van der Waals surface area (Å²) >= 11 is 0. The van der Waals surface area contributed by atoms with Crippen molar-refractivity contribution in [1.29, 1.82) is 0 Å². The predicted molar refractivity (Wildman–Crippen MR) is 202 cm³/mol. The van der Waals surface area contributed by atoms with E-state index >= 15 is 0 Å². The van der Waals surface area contributed by atoms with Crippen molar-refractivity contribution in [3.63, 3.8) is 0 Å². The fourth-order valence-electron chi connectivity index (χ4n) is 4.78. The van der Waals surface area contributed by atoms with Crippen LogP contribution in [0.15, 0.2) is 24.3 Å². The first kappa shape index (κ1) is 52.2. The Morgan fingerprint density at radius 1 is 0.500 bits per heavy atom. The Bertz CT molecular complexity index is 780. The van der Waals surface area contributed by atoms with E-state index in [0.29, 0.717) is 19.3 Å². The molecule has 1 amide bonds. The number of carboxylic acid groups (broad SMARTS) is 1. The van der Waals surface area contributed by atoms with Gasteiger partial charge in [0.25, 0.3) is 0 Å². The fraction of sp³-hybridized carbons (Fsp3) is 0.800. The summed E-state index contributed by atoms with van der Waals surface area (Å²) in [5.74, 6) is -0.720. The summed E-state index contributed by atoms with van der Waals surface area (Å²) in [6.45, 7) is 2.87. The van der Waals surface area contributed by atoms with E-state index in [1.165, 1.54) is 84.8 Å². The molecule has 0 rings (SSSR count). The Morgan fingerprint density at radius 2 is 0.833 bits per heavy atom. The van der Waals surface area contributed by atoms with E-state index in [0.717, 1.165) is 77.2 Å². The lowest BCUT2D eigenvalue weighted by molar-refractivity contribution is -0.141. The second-order valence-electron chi connectivity index (χ2n) is 12.0. The van der Waals surface area contributed by atoms with Crippen LogP contribution in [0.4, 0.5) is 0 Å². The molecule has 0 aliphatic heterocycles. The molecule has 0 aliphatic carbocycles. The number of rotatable bonds is 31. The molecular formula is C40H77NO7. The zero-order chi connectivity index (χ0) is 34.4. The van der Waals surface area contributed by atoms with Gasteiger partial charge in [-0.1, -0.05) is 110 Å². The largest absolute Gasteiger partial charge is 0.481 e. The van der Waals surface area contributed by atoms with E-state index in [1.54, 1.807) is 0 Å². The topological polar surface area (TPSA) is 119 Å². The zero-order valence-electron chi connectivity index (χ0n) is 29.8. The fourth-order valence-corrected chi connectivity index (χ4v) is 4.78. The number of unbranched alkanes of at least 4 members (excludes halogenated alkanes) is 17. The van der Waals surface area contributed by atoms with Crippen molar-refractivity contribution < 1.29 is 33.8 Å². The number of hydrogen-bond acceptors (Lipinski definition) is 6. The number of aliphatic carboxylic acids is 1. The average Bonchev–Trinajstić information content (AvgIpc) is 3.05. The SMILES string of the molecule is C.C.CCCNC(=O)CCCC/C=C\CCCCCCCCCC(=O)OC.COC(=O)CCCCCCCCC/C=C\CCCC(=O)O. The Kier molecular flexibility index (Phi) is 48.2. The van der Waals surface area contributed by atoms with E-state index in [1.807, 2.05) is 0 Å². The van der Waals surface area contributed by atoms with E-state index in [9.17, 15) is 19.2 Å². The van der Waals surface area contributed by atoms with E-state index in [2.05, 4.69) is 46.0 Å². The quantitative estimate of drug-likeness (QED) is 0.0424. The number of carbonyl (C=O) groups excluding carboxylic acids is 3. The molecular weight excluding hydrogens is 606 g/mol. The number of allylic oxidation sites excluding steroid dienone is 4. The normalized spacial score (nSPS) is 10.5. The molecule has 0 spiro atoms. The number of carboxylic acids is 1. The van der Waals surface area contributed by atoms with Gasteiger partial charge in [-0.05, 0) is 77.0 Å². The molecule has 0 saturated carbocycles. The van der Waals surface area contributed by atoms with Crippen molar-refractivity contribution in [2.75, 3.05) is 20.8 Å². The van der Waals surface area contributed by atoms with Crippen molar-refractivity contribution in [3.05, 3.63) is 24.3 Å². The van der Waals surface area contributed by atoms with E-state index in [4.69, 9.17) is 5.11 Å². The van der Waals surface area contributed by atoms with Crippen molar-refractivity contribution >= 4 is 23.8 Å². The van der Waals surface area contributed by atoms with Crippen LogP contribution in [0.5, 0.6) is 0 Å². The molecule has 0 aromatic rings. The highest BCUT2D eigenvalue weighted by molar-refractivity contribution is 5.75. The first-order valence-electron chi connectivity index (χ1n) is 18.3. The number of esters is 2. The van der Waals surface area contributed by atoms with Crippen molar-refractivity contribution in [2.24, 2.45) is 0 Å². The van der Waals surface area contributed by atoms with E-state index < -0.39 is 5.97 Å². The summed E-state index contributed by atoms with van der Waals surface area (Å²) in [5.41, 5.74) is 0. The van der Waals surface area contributed by atoms with Crippen LogP contribution in [-0.2, 0) is 28.7 Å². The lowest BCUT2D eigenvalue weighted by atomic mass is 10.1. The molecule has 0 bridgehead atoms. The molecule has 0 heterocycles. The molecule has 284 valence electrons. The second-order valence-corrected chi connectivity index (χ2v) is 12.0. The Hall–Kier alpha value is -2.64. The zero-order valence-corrected chi connectivity index (χ0v) is 29.8. The molecule has 0 radical (unpaired) electrons. The highest BCUT2D eigenvalue weighted by Gasteiger charge is 2.01. The minimum absolute atomic E-state index is 0. The van der Waals surface area contributed by atoms with Crippen molar-refractivity contribution in [2.45, 2.75) is 189 Å². The van der Waals surface area contributed by atoms with Crippen LogP contribution in [0.3, 0.4) is 0 Å². The van der Waals surface area contributed by atoms with Crippen LogP contribution in [-0.4, -0.2) is 49.7 Å². The lowest BCUT2D eigenvalue weighted by Crippen LogP contribution is -2.23. The van der Waals surface area contributed by atoms with Gasteiger partial charge in [-0.15, -0.1) is 0 Å². The molecule has 0 fully saturated rings. The number of ether oxygens (including phenoxy) is 2.